The quantitative estimate of drug-likeness (QED) is 0.663. The number of hydrogen-bond donors (Lipinski definition) is 0. The Bertz CT molecular complexity index is 803. The highest BCUT2D eigenvalue weighted by atomic mass is 16.5. The second-order valence-electron chi connectivity index (χ2n) is 5.65. The van der Waals surface area contributed by atoms with Gasteiger partial charge in [-0.15, -0.1) is 0 Å². The fraction of sp³-hybridized carbons (Fsp3) is 0.211. The molecule has 6 heteroatoms. The highest BCUT2D eigenvalue weighted by Gasteiger charge is 2.13. The van der Waals surface area contributed by atoms with E-state index in [9.17, 15) is 4.79 Å². The van der Waals surface area contributed by atoms with Gasteiger partial charge in [-0.1, -0.05) is 35.5 Å². The van der Waals surface area contributed by atoms with E-state index < -0.39 is 0 Å². The second kappa shape index (κ2) is 8.21. The van der Waals surface area contributed by atoms with E-state index in [0.29, 0.717) is 24.6 Å². The van der Waals surface area contributed by atoms with Crippen molar-refractivity contribution in [1.29, 1.82) is 0 Å². The maximum atomic E-state index is 12.1. The molecule has 0 aliphatic rings. The minimum atomic E-state index is -0.116. The molecule has 2 aromatic heterocycles. The number of likely N-dealkylation sites (N-methyl/N-ethyl adjacent to an activating group) is 1. The van der Waals surface area contributed by atoms with Crippen molar-refractivity contribution >= 4 is 5.91 Å². The number of carbonyl (C=O) groups is 1. The monoisotopic (exact) mass is 337 g/mol. The first-order valence-corrected chi connectivity index (χ1v) is 7.94. The van der Waals surface area contributed by atoms with Crippen molar-refractivity contribution in [2.24, 2.45) is 0 Å². The average molecular weight is 337 g/mol. The minimum Gasteiger partial charge on any atom is -0.367 e. The van der Waals surface area contributed by atoms with E-state index in [0.717, 1.165) is 11.1 Å². The minimum absolute atomic E-state index is 0.0228. The lowest BCUT2D eigenvalue weighted by Gasteiger charge is -2.15. The number of benzene rings is 1. The van der Waals surface area contributed by atoms with E-state index in [-0.39, 0.29) is 12.5 Å². The zero-order valence-corrected chi connectivity index (χ0v) is 14.0. The number of nitrogens with zero attached hydrogens (tertiary/aromatic N) is 3. The topological polar surface area (TPSA) is 68.5 Å². The fourth-order valence-electron chi connectivity index (χ4n) is 2.30. The van der Waals surface area contributed by atoms with Crippen LogP contribution in [0.2, 0.25) is 0 Å². The van der Waals surface area contributed by atoms with E-state index in [1.807, 2.05) is 48.5 Å². The molecule has 3 aromatic rings. The number of aromatic nitrogens is 2. The summed E-state index contributed by atoms with van der Waals surface area (Å²) in [4.78, 5) is 17.8. The molecule has 128 valence electrons. The molecule has 0 saturated carbocycles. The van der Waals surface area contributed by atoms with Gasteiger partial charge in [-0.2, -0.15) is 0 Å². The SMILES string of the molecule is CN(Cc1cc(-c2cccnc2)no1)C(=O)COCc1ccccc1. The molecule has 1 aromatic carbocycles. The van der Waals surface area contributed by atoms with Gasteiger partial charge in [-0.05, 0) is 17.7 Å². The molecule has 0 unspecified atom stereocenters. The van der Waals surface area contributed by atoms with Crippen molar-refractivity contribution in [3.8, 4) is 11.3 Å². The van der Waals surface area contributed by atoms with Crippen LogP contribution >= 0.6 is 0 Å². The van der Waals surface area contributed by atoms with Gasteiger partial charge >= 0.3 is 0 Å². The molecule has 0 bridgehead atoms. The smallest absolute Gasteiger partial charge is 0.248 e. The van der Waals surface area contributed by atoms with Gasteiger partial charge in [0, 0.05) is 31.1 Å². The molecule has 0 fully saturated rings. The lowest BCUT2D eigenvalue weighted by molar-refractivity contribution is -0.136. The molecule has 1 amide bonds. The third-order valence-electron chi connectivity index (χ3n) is 3.67. The molecule has 0 saturated heterocycles. The van der Waals surface area contributed by atoms with E-state index in [1.54, 1.807) is 24.3 Å². The molecule has 0 aliphatic carbocycles. The summed E-state index contributed by atoms with van der Waals surface area (Å²) < 4.78 is 10.8. The van der Waals surface area contributed by atoms with Gasteiger partial charge in [0.05, 0.1) is 13.2 Å². The lowest BCUT2D eigenvalue weighted by atomic mass is 10.2. The summed E-state index contributed by atoms with van der Waals surface area (Å²) in [6.45, 7) is 0.768. The number of amides is 1. The number of pyridine rings is 1. The summed E-state index contributed by atoms with van der Waals surface area (Å²) in [5.74, 6) is 0.494. The molecule has 0 aliphatic heterocycles. The Balaban J connectivity index is 1.49. The van der Waals surface area contributed by atoms with Crippen LogP contribution in [0.1, 0.15) is 11.3 Å². The fourth-order valence-corrected chi connectivity index (χ4v) is 2.30. The first-order valence-electron chi connectivity index (χ1n) is 7.94. The third kappa shape index (κ3) is 4.74. The molecule has 6 nitrogen and oxygen atoms in total. The second-order valence-corrected chi connectivity index (χ2v) is 5.65. The molecule has 0 N–H and O–H groups in total. The first kappa shape index (κ1) is 16.9. The Kier molecular flexibility index (Phi) is 5.53. The summed E-state index contributed by atoms with van der Waals surface area (Å²) in [5.41, 5.74) is 2.61. The van der Waals surface area contributed by atoms with Crippen LogP contribution in [0.15, 0.2) is 65.4 Å². The highest BCUT2D eigenvalue weighted by molar-refractivity contribution is 5.77. The van der Waals surface area contributed by atoms with E-state index >= 15 is 0 Å². The van der Waals surface area contributed by atoms with Crippen molar-refractivity contribution in [2.45, 2.75) is 13.2 Å². The largest absolute Gasteiger partial charge is 0.367 e. The van der Waals surface area contributed by atoms with Crippen LogP contribution in [-0.2, 0) is 22.7 Å². The number of hydrogen-bond acceptors (Lipinski definition) is 5. The average Bonchev–Trinajstić information content (AvgIpc) is 3.12. The van der Waals surface area contributed by atoms with Crippen molar-refractivity contribution in [1.82, 2.24) is 15.0 Å². The standard InChI is InChI=1S/C19H19N3O3/c1-22(19(23)14-24-13-15-6-3-2-4-7-15)12-17-10-18(21-25-17)16-8-5-9-20-11-16/h2-11H,12-14H2,1H3. The predicted octanol–water partition coefficient (Wildman–Crippen LogP) is 2.91. The Morgan fingerprint density at radius 3 is 2.80 bits per heavy atom. The van der Waals surface area contributed by atoms with Gasteiger partial charge < -0.3 is 14.2 Å². The summed E-state index contributed by atoms with van der Waals surface area (Å²) in [6, 6.07) is 15.3. The van der Waals surface area contributed by atoms with Gasteiger partial charge in [0.25, 0.3) is 0 Å². The van der Waals surface area contributed by atoms with Crippen LogP contribution in [0, 0.1) is 0 Å². The highest BCUT2D eigenvalue weighted by Crippen LogP contribution is 2.18. The summed E-state index contributed by atoms with van der Waals surface area (Å²) in [5, 5.41) is 4.02. The maximum Gasteiger partial charge on any atom is 0.248 e. The van der Waals surface area contributed by atoms with Crippen LogP contribution in [0.25, 0.3) is 11.3 Å². The Hall–Kier alpha value is -2.99. The van der Waals surface area contributed by atoms with Crippen LogP contribution in [0.5, 0.6) is 0 Å². The normalized spacial score (nSPS) is 10.6. The maximum absolute atomic E-state index is 12.1. The van der Waals surface area contributed by atoms with Crippen molar-refractivity contribution in [2.75, 3.05) is 13.7 Å². The molecule has 25 heavy (non-hydrogen) atoms. The van der Waals surface area contributed by atoms with E-state index in [1.165, 1.54) is 0 Å². The molecule has 0 atom stereocenters. The van der Waals surface area contributed by atoms with Crippen molar-refractivity contribution in [3.05, 3.63) is 72.2 Å². The summed E-state index contributed by atoms with van der Waals surface area (Å²) in [7, 11) is 1.71. The van der Waals surface area contributed by atoms with Crippen LogP contribution < -0.4 is 0 Å². The molecule has 2 heterocycles. The number of rotatable bonds is 7. The van der Waals surface area contributed by atoms with E-state index in [2.05, 4.69) is 10.1 Å². The summed E-state index contributed by atoms with van der Waals surface area (Å²) >= 11 is 0. The van der Waals surface area contributed by atoms with E-state index in [4.69, 9.17) is 9.26 Å². The number of ether oxygens (including phenoxy) is 1. The Morgan fingerprint density at radius 2 is 2.04 bits per heavy atom. The van der Waals surface area contributed by atoms with Gasteiger partial charge in [0.15, 0.2) is 5.76 Å². The Morgan fingerprint density at radius 1 is 1.20 bits per heavy atom. The summed E-state index contributed by atoms with van der Waals surface area (Å²) in [6.07, 6.45) is 3.42. The van der Waals surface area contributed by atoms with Gasteiger partial charge in [0.1, 0.15) is 12.3 Å². The third-order valence-corrected chi connectivity index (χ3v) is 3.67. The molecule has 3 rings (SSSR count). The lowest BCUT2D eigenvalue weighted by Crippen LogP contribution is -2.29. The molecule has 0 radical (unpaired) electrons. The van der Waals surface area contributed by atoms with Gasteiger partial charge in [-0.3, -0.25) is 9.78 Å². The van der Waals surface area contributed by atoms with Crippen LogP contribution in [0.4, 0.5) is 0 Å². The zero-order valence-electron chi connectivity index (χ0n) is 14.0. The van der Waals surface area contributed by atoms with Crippen molar-refractivity contribution < 1.29 is 14.1 Å². The number of carbonyl (C=O) groups excluding carboxylic acids is 1. The predicted molar refractivity (Wildman–Crippen MR) is 92.3 cm³/mol. The first-order chi connectivity index (χ1) is 12.2. The van der Waals surface area contributed by atoms with Gasteiger partial charge in [-0.25, -0.2) is 0 Å². The molecular formula is C19H19N3O3. The Labute approximate surface area is 146 Å². The zero-order chi connectivity index (χ0) is 17.5. The van der Waals surface area contributed by atoms with Crippen LogP contribution in [-0.4, -0.2) is 34.6 Å². The van der Waals surface area contributed by atoms with Crippen molar-refractivity contribution in [3.63, 3.8) is 0 Å². The van der Waals surface area contributed by atoms with Crippen LogP contribution in [0.3, 0.4) is 0 Å². The molecule has 0 spiro atoms. The molecular weight excluding hydrogens is 318 g/mol. The van der Waals surface area contributed by atoms with Gasteiger partial charge in [0.2, 0.25) is 5.91 Å².